The Kier molecular flexibility index (Phi) is 4.19. The van der Waals surface area contributed by atoms with Crippen LogP contribution in [0.15, 0.2) is 24.3 Å². The Morgan fingerprint density at radius 3 is 2.08 bits per heavy atom. The molecule has 0 amide bonds. The van der Waals surface area contributed by atoms with E-state index in [0.717, 1.165) is 29.4 Å². The minimum Gasteiger partial charge on any atom is -0.378 e. The third kappa shape index (κ3) is 3.26. The van der Waals surface area contributed by atoms with Crippen LogP contribution in [0.25, 0.3) is 0 Å². The molecule has 1 aromatic rings. The molecule has 4 bridgehead atoms. The van der Waals surface area contributed by atoms with Crippen molar-refractivity contribution in [1.82, 2.24) is 10.6 Å². The highest BCUT2D eigenvalue weighted by Crippen LogP contribution is 2.55. The van der Waals surface area contributed by atoms with E-state index in [1.165, 1.54) is 49.8 Å². The Labute approximate surface area is 151 Å². The number of rotatable bonds is 4. The maximum Gasteiger partial charge on any atom is 0.166 e. The summed E-state index contributed by atoms with van der Waals surface area (Å²) in [6.45, 7) is 0.798. The molecule has 0 saturated heterocycles. The quantitative estimate of drug-likeness (QED) is 0.816. The zero-order valence-electron chi connectivity index (χ0n) is 14.8. The summed E-state index contributed by atoms with van der Waals surface area (Å²) in [4.78, 5) is 2.12. The fourth-order valence-electron chi connectivity index (χ4n) is 5.64. The van der Waals surface area contributed by atoms with Crippen molar-refractivity contribution in [2.75, 3.05) is 19.0 Å². The van der Waals surface area contributed by atoms with Gasteiger partial charge in [0, 0.05) is 31.9 Å². The molecule has 3 nitrogen and oxygen atoms in total. The summed E-state index contributed by atoms with van der Waals surface area (Å²) >= 11 is 5.63. The number of hydrogen-bond acceptors (Lipinski definition) is 2. The Morgan fingerprint density at radius 2 is 1.58 bits per heavy atom. The lowest BCUT2D eigenvalue weighted by Crippen LogP contribution is -2.61. The van der Waals surface area contributed by atoms with Gasteiger partial charge in [-0.1, -0.05) is 12.1 Å². The fourth-order valence-corrected chi connectivity index (χ4v) is 5.93. The Morgan fingerprint density at radius 1 is 1.04 bits per heavy atom. The van der Waals surface area contributed by atoms with Crippen molar-refractivity contribution in [3.05, 3.63) is 29.8 Å². The van der Waals surface area contributed by atoms with Crippen LogP contribution in [0.5, 0.6) is 0 Å². The zero-order chi connectivity index (χ0) is 16.7. The average molecular weight is 344 g/mol. The molecule has 0 heterocycles. The number of hydrogen-bond donors (Lipinski definition) is 2. The van der Waals surface area contributed by atoms with Crippen molar-refractivity contribution in [1.29, 1.82) is 0 Å². The SMILES string of the molecule is CN(C)c1ccc(CNC(=S)NC23CC4CC(CC(C4)C2)C3)cc1. The molecule has 0 spiro atoms. The van der Waals surface area contributed by atoms with Crippen LogP contribution in [0.2, 0.25) is 0 Å². The van der Waals surface area contributed by atoms with Gasteiger partial charge in [0.1, 0.15) is 0 Å². The van der Waals surface area contributed by atoms with Crippen molar-refractivity contribution in [2.24, 2.45) is 17.8 Å². The summed E-state index contributed by atoms with van der Waals surface area (Å²) in [6, 6.07) is 8.67. The van der Waals surface area contributed by atoms with Crippen LogP contribution < -0.4 is 15.5 Å². The molecule has 0 unspecified atom stereocenters. The predicted octanol–water partition coefficient (Wildman–Crippen LogP) is 3.69. The maximum absolute atomic E-state index is 5.63. The van der Waals surface area contributed by atoms with E-state index in [2.05, 4.69) is 53.9 Å². The topological polar surface area (TPSA) is 27.3 Å². The predicted molar refractivity (Wildman–Crippen MR) is 104 cm³/mol. The van der Waals surface area contributed by atoms with Crippen LogP contribution in [0.4, 0.5) is 5.69 Å². The summed E-state index contributed by atoms with van der Waals surface area (Å²) in [5.74, 6) is 2.85. The van der Waals surface area contributed by atoms with Gasteiger partial charge in [-0.15, -0.1) is 0 Å². The first kappa shape index (κ1) is 16.2. The molecular weight excluding hydrogens is 314 g/mol. The highest BCUT2D eigenvalue weighted by atomic mass is 32.1. The van der Waals surface area contributed by atoms with E-state index in [0.29, 0.717) is 5.54 Å². The van der Waals surface area contributed by atoms with Crippen molar-refractivity contribution in [3.8, 4) is 0 Å². The average Bonchev–Trinajstić information content (AvgIpc) is 2.51. The number of nitrogens with zero attached hydrogens (tertiary/aromatic N) is 1. The lowest BCUT2D eigenvalue weighted by atomic mass is 9.53. The van der Waals surface area contributed by atoms with E-state index < -0.39 is 0 Å². The molecule has 24 heavy (non-hydrogen) atoms. The second-order valence-corrected chi connectivity index (χ2v) is 8.97. The number of thiocarbonyl (C=S) groups is 1. The fraction of sp³-hybridized carbons (Fsp3) is 0.650. The Balaban J connectivity index is 1.32. The molecule has 0 aliphatic heterocycles. The normalized spacial score (nSPS) is 33.3. The first-order valence-electron chi connectivity index (χ1n) is 9.34. The van der Waals surface area contributed by atoms with Gasteiger partial charge in [-0.25, -0.2) is 0 Å². The van der Waals surface area contributed by atoms with Gasteiger partial charge in [0.2, 0.25) is 0 Å². The largest absolute Gasteiger partial charge is 0.378 e. The molecule has 4 heteroatoms. The van der Waals surface area contributed by atoms with E-state index in [1.54, 1.807) is 0 Å². The summed E-state index contributed by atoms with van der Waals surface area (Å²) < 4.78 is 0. The van der Waals surface area contributed by atoms with E-state index in [1.807, 2.05) is 0 Å². The summed E-state index contributed by atoms with van der Waals surface area (Å²) in [5, 5.41) is 8.01. The van der Waals surface area contributed by atoms with Crippen LogP contribution >= 0.6 is 12.2 Å². The molecule has 4 aliphatic carbocycles. The van der Waals surface area contributed by atoms with Crippen molar-refractivity contribution >= 4 is 23.0 Å². The van der Waals surface area contributed by atoms with E-state index in [-0.39, 0.29) is 0 Å². The molecular formula is C20H29N3S. The smallest absolute Gasteiger partial charge is 0.166 e. The van der Waals surface area contributed by atoms with Gasteiger partial charge in [-0.2, -0.15) is 0 Å². The third-order valence-corrected chi connectivity index (χ3v) is 6.57. The van der Waals surface area contributed by atoms with Gasteiger partial charge in [0.25, 0.3) is 0 Å². The second kappa shape index (κ2) is 6.21. The Bertz CT molecular complexity index is 573. The maximum atomic E-state index is 5.63. The minimum absolute atomic E-state index is 0.299. The zero-order valence-corrected chi connectivity index (χ0v) is 15.7. The van der Waals surface area contributed by atoms with Crippen LogP contribution in [0.1, 0.15) is 44.1 Å². The second-order valence-electron chi connectivity index (χ2n) is 8.57. The number of anilines is 1. The molecule has 4 aliphatic rings. The van der Waals surface area contributed by atoms with Crippen molar-refractivity contribution in [2.45, 2.75) is 50.6 Å². The highest BCUT2D eigenvalue weighted by Gasteiger charge is 2.51. The molecule has 0 aromatic heterocycles. The van der Waals surface area contributed by atoms with Gasteiger partial charge in [-0.05, 0) is 86.2 Å². The lowest BCUT2D eigenvalue weighted by Gasteiger charge is -2.57. The van der Waals surface area contributed by atoms with Crippen LogP contribution in [-0.2, 0) is 6.54 Å². The van der Waals surface area contributed by atoms with Crippen molar-refractivity contribution in [3.63, 3.8) is 0 Å². The highest BCUT2D eigenvalue weighted by molar-refractivity contribution is 7.80. The molecule has 130 valence electrons. The third-order valence-electron chi connectivity index (χ3n) is 6.32. The summed E-state index contributed by atoms with van der Waals surface area (Å²) in [7, 11) is 4.13. The lowest BCUT2D eigenvalue weighted by molar-refractivity contribution is -0.0101. The van der Waals surface area contributed by atoms with E-state index in [9.17, 15) is 0 Å². The minimum atomic E-state index is 0.299. The molecule has 0 radical (unpaired) electrons. The van der Waals surface area contributed by atoms with Gasteiger partial charge in [0.15, 0.2) is 5.11 Å². The number of nitrogens with one attached hydrogen (secondary N) is 2. The number of benzene rings is 1. The molecule has 5 rings (SSSR count). The van der Waals surface area contributed by atoms with Crippen LogP contribution in [0, 0.1) is 17.8 Å². The van der Waals surface area contributed by atoms with Gasteiger partial charge in [0.05, 0.1) is 0 Å². The first-order chi connectivity index (χ1) is 11.5. The van der Waals surface area contributed by atoms with Crippen LogP contribution in [-0.4, -0.2) is 24.7 Å². The monoisotopic (exact) mass is 343 g/mol. The van der Waals surface area contributed by atoms with E-state index >= 15 is 0 Å². The van der Waals surface area contributed by atoms with Crippen molar-refractivity contribution < 1.29 is 0 Å². The molecule has 4 saturated carbocycles. The summed E-state index contributed by atoms with van der Waals surface area (Å²) in [6.07, 6.45) is 8.41. The molecule has 0 atom stereocenters. The van der Waals surface area contributed by atoms with Crippen LogP contribution in [0.3, 0.4) is 0 Å². The van der Waals surface area contributed by atoms with Gasteiger partial charge < -0.3 is 15.5 Å². The van der Waals surface area contributed by atoms with E-state index in [4.69, 9.17) is 12.2 Å². The molecule has 4 fully saturated rings. The Hall–Kier alpha value is -1.29. The van der Waals surface area contributed by atoms with Gasteiger partial charge in [-0.3, -0.25) is 0 Å². The molecule has 1 aromatic carbocycles. The van der Waals surface area contributed by atoms with Gasteiger partial charge >= 0.3 is 0 Å². The summed E-state index contributed by atoms with van der Waals surface area (Å²) in [5.41, 5.74) is 2.80. The molecule has 2 N–H and O–H groups in total. The standard InChI is InChI=1S/C20H29N3S/c1-23(2)18-5-3-14(4-6-18)13-21-19(24)22-20-10-15-7-16(11-20)9-17(8-15)12-20/h3-6,15-17H,7-13H2,1-2H3,(H2,21,22,24). The first-order valence-corrected chi connectivity index (χ1v) is 9.74.